The summed E-state index contributed by atoms with van der Waals surface area (Å²) in [7, 11) is 0. The van der Waals surface area contributed by atoms with Crippen LogP contribution in [0.15, 0.2) is 33.1 Å². The zero-order valence-corrected chi connectivity index (χ0v) is 16.7. The highest BCUT2D eigenvalue weighted by atomic mass is 32.1. The fraction of sp³-hybridized carbons (Fsp3) is 0.350. The van der Waals surface area contributed by atoms with Crippen LogP contribution in [-0.2, 0) is 19.4 Å². The molecule has 0 aliphatic heterocycles. The molecule has 1 aliphatic carbocycles. The molecular formula is C20H19N3O2S2. The Balaban J connectivity index is 1.55. The van der Waals surface area contributed by atoms with Crippen molar-refractivity contribution in [1.29, 1.82) is 0 Å². The SMILES string of the molecule is Cc1oc(-c2cccs2)nc1Cn1cnc2sc3c(c2c1=O)CCCCC3. The van der Waals surface area contributed by atoms with Crippen LogP contribution < -0.4 is 5.56 Å². The quantitative estimate of drug-likeness (QED) is 0.466. The molecule has 5 rings (SSSR count). The van der Waals surface area contributed by atoms with E-state index >= 15 is 0 Å². The second-order valence-corrected chi connectivity index (χ2v) is 8.95. The molecule has 0 saturated heterocycles. The molecule has 0 N–H and O–H groups in total. The van der Waals surface area contributed by atoms with Crippen molar-refractivity contribution in [1.82, 2.24) is 14.5 Å². The minimum absolute atomic E-state index is 0.0412. The summed E-state index contributed by atoms with van der Waals surface area (Å²) >= 11 is 3.28. The van der Waals surface area contributed by atoms with Gasteiger partial charge in [0, 0.05) is 4.88 Å². The Morgan fingerprint density at radius 1 is 1.26 bits per heavy atom. The largest absolute Gasteiger partial charge is 0.440 e. The maximum Gasteiger partial charge on any atom is 0.262 e. The average Bonchev–Trinajstić information content (AvgIpc) is 3.35. The summed E-state index contributed by atoms with van der Waals surface area (Å²) in [5.41, 5.74) is 2.05. The minimum Gasteiger partial charge on any atom is -0.440 e. The molecular weight excluding hydrogens is 378 g/mol. The van der Waals surface area contributed by atoms with Gasteiger partial charge in [-0.05, 0) is 49.6 Å². The van der Waals surface area contributed by atoms with Crippen molar-refractivity contribution in [2.45, 2.75) is 45.6 Å². The summed E-state index contributed by atoms with van der Waals surface area (Å²) in [6, 6.07) is 3.96. The molecule has 0 fully saturated rings. The highest BCUT2D eigenvalue weighted by molar-refractivity contribution is 7.18. The number of aromatic nitrogens is 3. The van der Waals surface area contributed by atoms with E-state index in [0.717, 1.165) is 45.8 Å². The van der Waals surface area contributed by atoms with Gasteiger partial charge in [0.15, 0.2) is 0 Å². The normalized spacial score (nSPS) is 14.4. The Morgan fingerprint density at radius 2 is 2.15 bits per heavy atom. The van der Waals surface area contributed by atoms with Gasteiger partial charge in [-0.1, -0.05) is 12.5 Å². The van der Waals surface area contributed by atoms with Gasteiger partial charge in [0.1, 0.15) is 16.3 Å². The highest BCUT2D eigenvalue weighted by Gasteiger charge is 2.20. The topological polar surface area (TPSA) is 60.9 Å². The first-order chi connectivity index (χ1) is 13.2. The Hall–Kier alpha value is -2.25. The van der Waals surface area contributed by atoms with Crippen molar-refractivity contribution < 1.29 is 4.42 Å². The summed E-state index contributed by atoms with van der Waals surface area (Å²) in [6.45, 7) is 2.28. The molecule has 0 unspecified atom stereocenters. The predicted molar refractivity (Wildman–Crippen MR) is 109 cm³/mol. The van der Waals surface area contributed by atoms with Gasteiger partial charge in [-0.15, -0.1) is 22.7 Å². The molecule has 27 heavy (non-hydrogen) atoms. The van der Waals surface area contributed by atoms with Crippen LogP contribution in [0.4, 0.5) is 0 Å². The predicted octanol–water partition coefficient (Wildman–Crippen LogP) is 4.80. The van der Waals surface area contributed by atoms with E-state index in [2.05, 4.69) is 9.97 Å². The van der Waals surface area contributed by atoms with Crippen LogP contribution in [-0.4, -0.2) is 14.5 Å². The smallest absolute Gasteiger partial charge is 0.262 e. The van der Waals surface area contributed by atoms with Crippen LogP contribution in [0.5, 0.6) is 0 Å². The number of hydrogen-bond acceptors (Lipinski definition) is 6. The summed E-state index contributed by atoms with van der Waals surface area (Å²) in [6.07, 6.45) is 7.31. The first kappa shape index (κ1) is 16.9. The Morgan fingerprint density at radius 3 is 3.00 bits per heavy atom. The van der Waals surface area contributed by atoms with Crippen molar-refractivity contribution in [2.24, 2.45) is 0 Å². The third-order valence-corrected chi connectivity index (χ3v) is 7.19. The summed E-state index contributed by atoms with van der Waals surface area (Å²) in [4.78, 5) is 25.6. The first-order valence-electron chi connectivity index (χ1n) is 9.20. The lowest BCUT2D eigenvalue weighted by Gasteiger charge is -2.04. The second kappa shape index (κ2) is 6.73. The maximum atomic E-state index is 13.2. The Bertz CT molecular complexity index is 1170. The fourth-order valence-corrected chi connectivity index (χ4v) is 5.58. The lowest BCUT2D eigenvalue weighted by molar-refractivity contribution is 0.538. The van der Waals surface area contributed by atoms with Crippen LogP contribution in [0.1, 0.15) is 41.2 Å². The monoisotopic (exact) mass is 397 g/mol. The number of oxazole rings is 1. The van der Waals surface area contributed by atoms with Gasteiger partial charge in [0.05, 0.1) is 23.1 Å². The van der Waals surface area contributed by atoms with E-state index in [0.29, 0.717) is 12.4 Å². The lowest BCUT2D eigenvalue weighted by atomic mass is 10.1. The zero-order chi connectivity index (χ0) is 18.4. The number of aryl methyl sites for hydroxylation is 3. The molecule has 1 aliphatic rings. The number of fused-ring (bicyclic) bond motifs is 3. The summed E-state index contributed by atoms with van der Waals surface area (Å²) in [5.74, 6) is 1.36. The Kier molecular flexibility index (Phi) is 4.21. The van der Waals surface area contributed by atoms with E-state index in [1.54, 1.807) is 33.6 Å². The van der Waals surface area contributed by atoms with Gasteiger partial charge in [-0.3, -0.25) is 9.36 Å². The van der Waals surface area contributed by atoms with Crippen LogP contribution >= 0.6 is 22.7 Å². The van der Waals surface area contributed by atoms with Crippen molar-refractivity contribution >= 4 is 32.9 Å². The van der Waals surface area contributed by atoms with Crippen molar-refractivity contribution in [3.05, 3.63) is 56.1 Å². The molecule has 0 spiro atoms. The molecule has 0 radical (unpaired) electrons. The van der Waals surface area contributed by atoms with Crippen LogP contribution in [0.25, 0.3) is 21.0 Å². The van der Waals surface area contributed by atoms with Crippen molar-refractivity contribution in [2.75, 3.05) is 0 Å². The van der Waals surface area contributed by atoms with Gasteiger partial charge < -0.3 is 4.42 Å². The van der Waals surface area contributed by atoms with Crippen LogP contribution in [0, 0.1) is 6.92 Å². The molecule has 4 aromatic rings. The highest BCUT2D eigenvalue weighted by Crippen LogP contribution is 2.33. The second-order valence-electron chi connectivity index (χ2n) is 6.92. The van der Waals surface area contributed by atoms with E-state index in [-0.39, 0.29) is 5.56 Å². The standard InChI is InChI=1S/C20H19N3O2S2/c1-12-14(22-18(25-12)16-8-5-9-26-16)10-23-11-21-19-17(20(23)24)13-6-3-2-4-7-15(13)27-19/h5,8-9,11H,2-4,6-7,10H2,1H3. The van der Waals surface area contributed by atoms with E-state index in [4.69, 9.17) is 4.42 Å². The molecule has 0 bridgehead atoms. The number of hydrogen-bond donors (Lipinski definition) is 0. The van der Waals surface area contributed by atoms with Gasteiger partial charge in [0.25, 0.3) is 5.56 Å². The van der Waals surface area contributed by atoms with E-state index < -0.39 is 0 Å². The van der Waals surface area contributed by atoms with Crippen molar-refractivity contribution in [3.8, 4) is 10.8 Å². The van der Waals surface area contributed by atoms with E-state index in [1.807, 2.05) is 24.4 Å². The van der Waals surface area contributed by atoms with Gasteiger partial charge in [-0.2, -0.15) is 0 Å². The molecule has 7 heteroatoms. The lowest BCUT2D eigenvalue weighted by Crippen LogP contribution is -2.21. The zero-order valence-electron chi connectivity index (χ0n) is 15.0. The maximum absolute atomic E-state index is 13.2. The number of thiophene rings is 2. The third kappa shape index (κ3) is 2.95. The molecule has 5 nitrogen and oxygen atoms in total. The summed E-state index contributed by atoms with van der Waals surface area (Å²) in [5, 5.41) is 2.82. The number of nitrogens with zero attached hydrogens (tertiary/aromatic N) is 3. The third-order valence-electron chi connectivity index (χ3n) is 5.14. The van der Waals surface area contributed by atoms with Gasteiger partial charge in [-0.25, -0.2) is 9.97 Å². The molecule has 138 valence electrons. The van der Waals surface area contributed by atoms with E-state index in [1.165, 1.54) is 23.3 Å². The van der Waals surface area contributed by atoms with Gasteiger partial charge in [0.2, 0.25) is 5.89 Å². The number of rotatable bonds is 3. The van der Waals surface area contributed by atoms with E-state index in [9.17, 15) is 4.79 Å². The molecule has 0 atom stereocenters. The molecule has 4 heterocycles. The molecule has 0 saturated carbocycles. The van der Waals surface area contributed by atoms with Crippen molar-refractivity contribution in [3.63, 3.8) is 0 Å². The van der Waals surface area contributed by atoms with Crippen LogP contribution in [0.2, 0.25) is 0 Å². The van der Waals surface area contributed by atoms with Crippen LogP contribution in [0.3, 0.4) is 0 Å². The average molecular weight is 398 g/mol. The molecule has 0 aromatic carbocycles. The molecule has 4 aromatic heterocycles. The minimum atomic E-state index is 0.0412. The Labute approximate surface area is 164 Å². The van der Waals surface area contributed by atoms with Gasteiger partial charge >= 0.3 is 0 Å². The summed E-state index contributed by atoms with van der Waals surface area (Å²) < 4.78 is 7.49. The fourth-order valence-electron chi connectivity index (χ4n) is 3.71. The first-order valence-corrected chi connectivity index (χ1v) is 10.9. The molecule has 0 amide bonds.